The first kappa shape index (κ1) is 9.75. The highest BCUT2D eigenvalue weighted by Gasteiger charge is 2.27. The molecular weight excluding hydrogens is 152 g/mol. The zero-order valence-electron chi connectivity index (χ0n) is 7.88. The van der Waals surface area contributed by atoms with Gasteiger partial charge in [0.15, 0.2) is 0 Å². The van der Waals surface area contributed by atoms with Crippen molar-refractivity contribution in [2.24, 2.45) is 5.92 Å². The molecule has 0 saturated heterocycles. The van der Waals surface area contributed by atoms with Gasteiger partial charge < -0.3 is 10.2 Å². The highest BCUT2D eigenvalue weighted by Crippen LogP contribution is 2.31. The molecule has 0 aliphatic heterocycles. The molecule has 1 rings (SSSR count). The Morgan fingerprint density at radius 1 is 1.58 bits per heavy atom. The minimum atomic E-state index is -0.572. The fraction of sp³-hybridized carbons (Fsp3) is 0.800. The molecule has 0 unspecified atom stereocenters. The molecule has 2 N–H and O–H groups in total. The van der Waals surface area contributed by atoms with Gasteiger partial charge in [0.1, 0.15) is 0 Å². The number of hydrogen-bond donors (Lipinski definition) is 2. The van der Waals surface area contributed by atoms with Gasteiger partial charge in [-0.3, -0.25) is 0 Å². The Morgan fingerprint density at radius 3 is 2.58 bits per heavy atom. The Morgan fingerprint density at radius 2 is 2.25 bits per heavy atom. The van der Waals surface area contributed by atoms with Gasteiger partial charge in [-0.25, -0.2) is 0 Å². The van der Waals surface area contributed by atoms with Crippen LogP contribution >= 0.6 is 0 Å². The number of hydrogen-bond acceptors (Lipinski definition) is 2. The summed E-state index contributed by atoms with van der Waals surface area (Å²) in [5.41, 5.74) is 0.549. The molecular formula is C10H18O2. The highest BCUT2D eigenvalue weighted by molar-refractivity contribution is 5.08. The van der Waals surface area contributed by atoms with Gasteiger partial charge in [0.05, 0.1) is 12.2 Å². The molecule has 0 fully saturated rings. The van der Waals surface area contributed by atoms with E-state index in [-0.39, 0.29) is 6.61 Å². The third kappa shape index (κ3) is 2.32. The summed E-state index contributed by atoms with van der Waals surface area (Å²) in [5, 5.41) is 18.6. The van der Waals surface area contributed by atoms with E-state index >= 15 is 0 Å². The second kappa shape index (κ2) is 3.58. The predicted octanol–water partition coefficient (Wildman–Crippen LogP) is 1.48. The van der Waals surface area contributed by atoms with E-state index in [0.29, 0.717) is 5.92 Å². The third-order valence-corrected chi connectivity index (χ3v) is 2.71. The van der Waals surface area contributed by atoms with E-state index in [9.17, 15) is 5.11 Å². The second-order valence-electron chi connectivity index (χ2n) is 4.15. The fourth-order valence-corrected chi connectivity index (χ4v) is 1.67. The second-order valence-corrected chi connectivity index (χ2v) is 4.15. The number of aliphatic hydroxyl groups is 2. The molecule has 0 bridgehead atoms. The highest BCUT2D eigenvalue weighted by atomic mass is 16.3. The van der Waals surface area contributed by atoms with Crippen LogP contribution in [0.4, 0.5) is 0 Å². The monoisotopic (exact) mass is 170 g/mol. The smallest absolute Gasteiger partial charge is 0.0641 e. The van der Waals surface area contributed by atoms with E-state index in [1.807, 2.05) is 13.8 Å². The summed E-state index contributed by atoms with van der Waals surface area (Å²) >= 11 is 0. The fourth-order valence-electron chi connectivity index (χ4n) is 1.67. The summed E-state index contributed by atoms with van der Waals surface area (Å²) in [6.07, 6.45) is 4.90. The Balaban J connectivity index is 2.52. The molecule has 70 valence electrons. The van der Waals surface area contributed by atoms with E-state index in [1.165, 1.54) is 0 Å². The van der Waals surface area contributed by atoms with Crippen LogP contribution in [0.5, 0.6) is 0 Å². The van der Waals surface area contributed by atoms with Crippen molar-refractivity contribution in [2.45, 2.75) is 38.7 Å². The van der Waals surface area contributed by atoms with Crippen LogP contribution in [0.15, 0.2) is 11.6 Å². The number of aliphatic hydroxyl groups excluding tert-OH is 1. The van der Waals surface area contributed by atoms with Gasteiger partial charge in [-0.2, -0.15) is 0 Å². The molecule has 2 heteroatoms. The van der Waals surface area contributed by atoms with Crippen LogP contribution in [0.3, 0.4) is 0 Å². The summed E-state index contributed by atoms with van der Waals surface area (Å²) in [6, 6.07) is 0. The van der Waals surface area contributed by atoms with E-state index in [1.54, 1.807) is 0 Å². The van der Waals surface area contributed by atoms with Crippen molar-refractivity contribution in [3.8, 4) is 0 Å². The van der Waals surface area contributed by atoms with Gasteiger partial charge in [0, 0.05) is 0 Å². The Bertz CT molecular complexity index is 177. The lowest BCUT2D eigenvalue weighted by atomic mass is 9.80. The maximum absolute atomic E-state index is 9.71. The van der Waals surface area contributed by atoms with Crippen LogP contribution in [-0.4, -0.2) is 22.4 Å². The van der Waals surface area contributed by atoms with Gasteiger partial charge in [0.2, 0.25) is 0 Å². The molecule has 0 heterocycles. The van der Waals surface area contributed by atoms with Gasteiger partial charge >= 0.3 is 0 Å². The molecule has 0 saturated carbocycles. The molecule has 1 aliphatic rings. The quantitative estimate of drug-likeness (QED) is 0.616. The molecule has 2 nitrogen and oxygen atoms in total. The molecule has 0 radical (unpaired) electrons. The maximum Gasteiger partial charge on any atom is 0.0641 e. The molecule has 0 spiro atoms. The molecule has 0 aromatic heterocycles. The molecule has 12 heavy (non-hydrogen) atoms. The normalized spacial score (nSPS) is 25.3. The topological polar surface area (TPSA) is 40.5 Å². The molecule has 0 amide bonds. The van der Waals surface area contributed by atoms with E-state index in [2.05, 4.69) is 6.08 Å². The molecule has 0 aromatic carbocycles. The minimum absolute atomic E-state index is 0.179. The first-order valence-corrected chi connectivity index (χ1v) is 4.55. The van der Waals surface area contributed by atoms with Crippen LogP contribution in [0.1, 0.15) is 33.1 Å². The maximum atomic E-state index is 9.71. The molecule has 0 aromatic rings. The minimum Gasteiger partial charge on any atom is -0.392 e. The molecule has 1 atom stereocenters. The van der Waals surface area contributed by atoms with Crippen LogP contribution in [0, 0.1) is 5.92 Å². The van der Waals surface area contributed by atoms with Gasteiger partial charge in [-0.05, 0) is 44.6 Å². The van der Waals surface area contributed by atoms with E-state index in [4.69, 9.17) is 5.11 Å². The van der Waals surface area contributed by atoms with E-state index in [0.717, 1.165) is 24.8 Å². The van der Waals surface area contributed by atoms with Crippen molar-refractivity contribution >= 4 is 0 Å². The van der Waals surface area contributed by atoms with Crippen molar-refractivity contribution in [3.05, 3.63) is 11.6 Å². The number of rotatable bonds is 2. The Hall–Kier alpha value is -0.340. The zero-order chi connectivity index (χ0) is 9.19. The van der Waals surface area contributed by atoms with Gasteiger partial charge in [-0.15, -0.1) is 0 Å². The first-order chi connectivity index (χ1) is 5.54. The average Bonchev–Trinajstić information content (AvgIpc) is 2.03. The average molecular weight is 170 g/mol. The summed E-state index contributed by atoms with van der Waals surface area (Å²) in [7, 11) is 0. The summed E-state index contributed by atoms with van der Waals surface area (Å²) in [5.74, 6) is 0.354. The van der Waals surface area contributed by atoms with Crippen LogP contribution in [0.2, 0.25) is 0 Å². The summed E-state index contributed by atoms with van der Waals surface area (Å²) < 4.78 is 0. The lowest BCUT2D eigenvalue weighted by Crippen LogP contribution is -2.31. The largest absolute Gasteiger partial charge is 0.392 e. The first-order valence-electron chi connectivity index (χ1n) is 4.55. The molecule has 1 aliphatic carbocycles. The predicted molar refractivity (Wildman–Crippen MR) is 48.8 cm³/mol. The summed E-state index contributed by atoms with van der Waals surface area (Å²) in [6.45, 7) is 3.89. The van der Waals surface area contributed by atoms with Crippen molar-refractivity contribution in [3.63, 3.8) is 0 Å². The van der Waals surface area contributed by atoms with Crippen LogP contribution < -0.4 is 0 Å². The summed E-state index contributed by atoms with van der Waals surface area (Å²) in [4.78, 5) is 0. The Labute approximate surface area is 73.9 Å². The van der Waals surface area contributed by atoms with Crippen molar-refractivity contribution in [1.82, 2.24) is 0 Å². The lowest BCUT2D eigenvalue weighted by Gasteiger charge is -2.31. The van der Waals surface area contributed by atoms with Crippen LogP contribution in [0.25, 0.3) is 0 Å². The van der Waals surface area contributed by atoms with Gasteiger partial charge in [-0.1, -0.05) is 6.08 Å². The SMILES string of the molecule is CC(C)(O)[C@@H]1CC=C(CO)CC1. The third-order valence-electron chi connectivity index (χ3n) is 2.71. The lowest BCUT2D eigenvalue weighted by molar-refractivity contribution is 0.0121. The standard InChI is InChI=1S/C10H18O2/c1-10(2,12)9-5-3-8(7-11)4-6-9/h3,9,11-12H,4-7H2,1-2H3/t9-/m1/s1. The number of allylic oxidation sites excluding steroid dienone is 1. The zero-order valence-corrected chi connectivity index (χ0v) is 7.88. The van der Waals surface area contributed by atoms with Crippen molar-refractivity contribution in [1.29, 1.82) is 0 Å². The van der Waals surface area contributed by atoms with E-state index < -0.39 is 5.60 Å². The van der Waals surface area contributed by atoms with Crippen molar-refractivity contribution < 1.29 is 10.2 Å². The van der Waals surface area contributed by atoms with Crippen molar-refractivity contribution in [2.75, 3.05) is 6.61 Å². The van der Waals surface area contributed by atoms with Gasteiger partial charge in [0.25, 0.3) is 0 Å². The van der Waals surface area contributed by atoms with Crippen LogP contribution in [-0.2, 0) is 0 Å². The Kier molecular flexibility index (Phi) is 2.91.